The Morgan fingerprint density at radius 1 is 1.09 bits per heavy atom. The van der Waals surface area contributed by atoms with Crippen LogP contribution in [0.4, 0.5) is 0 Å². The number of rotatable bonds is 6. The van der Waals surface area contributed by atoms with Gasteiger partial charge in [0.1, 0.15) is 0 Å². The first-order valence-corrected chi connectivity index (χ1v) is 8.13. The predicted molar refractivity (Wildman–Crippen MR) is 89.4 cm³/mol. The first-order chi connectivity index (χ1) is 10.7. The number of nitrogens with one attached hydrogen (secondary N) is 1. The predicted octanol–water partition coefficient (Wildman–Crippen LogP) is 4.13. The molecule has 1 amide bonds. The second kappa shape index (κ2) is 6.78. The van der Waals surface area contributed by atoms with Crippen LogP contribution in [-0.4, -0.2) is 5.91 Å². The van der Waals surface area contributed by atoms with Crippen LogP contribution >= 0.6 is 0 Å². The van der Waals surface area contributed by atoms with Crippen molar-refractivity contribution < 1.29 is 4.79 Å². The van der Waals surface area contributed by atoms with Gasteiger partial charge < -0.3 is 5.32 Å². The monoisotopic (exact) mass is 293 g/mol. The lowest BCUT2D eigenvalue weighted by molar-refractivity contribution is -0.123. The van der Waals surface area contributed by atoms with Gasteiger partial charge in [-0.2, -0.15) is 0 Å². The van der Waals surface area contributed by atoms with Crippen molar-refractivity contribution in [2.45, 2.75) is 32.2 Å². The molecule has 1 aliphatic carbocycles. The number of carbonyl (C=O) groups excluding carboxylic acids is 1. The van der Waals surface area contributed by atoms with Gasteiger partial charge in [0.15, 0.2) is 0 Å². The molecule has 0 aromatic heterocycles. The minimum absolute atomic E-state index is 0.0988. The van der Waals surface area contributed by atoms with E-state index < -0.39 is 0 Å². The Morgan fingerprint density at radius 3 is 2.27 bits per heavy atom. The summed E-state index contributed by atoms with van der Waals surface area (Å²) in [7, 11) is 0. The molecule has 0 saturated heterocycles. The van der Waals surface area contributed by atoms with Gasteiger partial charge in [0, 0.05) is 5.92 Å². The molecule has 114 valence electrons. The number of benzene rings is 2. The van der Waals surface area contributed by atoms with Crippen LogP contribution in [0.15, 0.2) is 60.7 Å². The molecule has 0 aliphatic heterocycles. The van der Waals surface area contributed by atoms with Gasteiger partial charge in [-0.25, -0.2) is 0 Å². The zero-order valence-corrected chi connectivity index (χ0v) is 13.0. The number of hydrogen-bond donors (Lipinski definition) is 1. The van der Waals surface area contributed by atoms with E-state index in [0.717, 1.165) is 19.3 Å². The Kier molecular flexibility index (Phi) is 4.57. The molecule has 2 aromatic rings. The Balaban J connectivity index is 1.67. The molecular formula is C20H23NO. The van der Waals surface area contributed by atoms with Gasteiger partial charge in [-0.1, -0.05) is 67.6 Å². The minimum Gasteiger partial charge on any atom is -0.349 e. The summed E-state index contributed by atoms with van der Waals surface area (Å²) >= 11 is 0. The van der Waals surface area contributed by atoms with Crippen molar-refractivity contribution in [2.24, 2.45) is 11.8 Å². The van der Waals surface area contributed by atoms with E-state index >= 15 is 0 Å². The maximum absolute atomic E-state index is 12.3. The standard InChI is InChI=1S/C20H23NO/c1-15-14-18(15)20(22)21-19(17-10-6-3-7-11-17)13-12-16-8-4-2-5-9-16/h2-11,15,18-19H,12-14H2,1H3,(H,21,22)/t15-,18-,19-/m1/s1. The largest absolute Gasteiger partial charge is 0.349 e. The topological polar surface area (TPSA) is 29.1 Å². The van der Waals surface area contributed by atoms with E-state index in [1.807, 2.05) is 24.3 Å². The summed E-state index contributed by atoms with van der Waals surface area (Å²) in [6, 6.07) is 20.9. The highest BCUT2D eigenvalue weighted by Crippen LogP contribution is 2.38. The lowest BCUT2D eigenvalue weighted by Gasteiger charge is -2.19. The molecule has 2 aromatic carbocycles. The summed E-state index contributed by atoms with van der Waals surface area (Å²) in [6.07, 6.45) is 2.94. The van der Waals surface area contributed by atoms with Crippen LogP contribution in [0.5, 0.6) is 0 Å². The third kappa shape index (κ3) is 3.76. The van der Waals surface area contributed by atoms with Crippen molar-refractivity contribution in [3.63, 3.8) is 0 Å². The summed E-state index contributed by atoms with van der Waals surface area (Å²) in [4.78, 5) is 12.3. The van der Waals surface area contributed by atoms with Crippen molar-refractivity contribution in [2.75, 3.05) is 0 Å². The Bertz CT molecular complexity index is 608. The highest BCUT2D eigenvalue weighted by atomic mass is 16.2. The Labute approximate surface area is 132 Å². The van der Waals surface area contributed by atoms with Crippen LogP contribution in [0.1, 0.15) is 36.9 Å². The average molecular weight is 293 g/mol. The number of carbonyl (C=O) groups is 1. The van der Waals surface area contributed by atoms with E-state index in [1.54, 1.807) is 0 Å². The van der Waals surface area contributed by atoms with Gasteiger partial charge in [-0.05, 0) is 36.3 Å². The summed E-state index contributed by atoms with van der Waals surface area (Å²) in [5.41, 5.74) is 2.51. The number of hydrogen-bond acceptors (Lipinski definition) is 1. The highest BCUT2D eigenvalue weighted by Gasteiger charge is 2.39. The molecule has 0 radical (unpaired) electrons. The summed E-state index contributed by atoms with van der Waals surface area (Å²) < 4.78 is 0. The smallest absolute Gasteiger partial charge is 0.223 e. The fourth-order valence-electron chi connectivity index (χ4n) is 2.93. The van der Waals surface area contributed by atoms with E-state index in [2.05, 4.69) is 48.6 Å². The zero-order chi connectivity index (χ0) is 15.4. The van der Waals surface area contributed by atoms with Gasteiger partial charge >= 0.3 is 0 Å². The van der Waals surface area contributed by atoms with E-state index in [9.17, 15) is 4.79 Å². The molecule has 1 N–H and O–H groups in total. The maximum Gasteiger partial charge on any atom is 0.223 e. The number of amides is 1. The van der Waals surface area contributed by atoms with Crippen molar-refractivity contribution in [1.29, 1.82) is 0 Å². The first kappa shape index (κ1) is 14.8. The van der Waals surface area contributed by atoms with E-state index in [1.165, 1.54) is 11.1 Å². The summed E-state index contributed by atoms with van der Waals surface area (Å²) in [6.45, 7) is 2.14. The lowest BCUT2D eigenvalue weighted by Crippen LogP contribution is -2.30. The SMILES string of the molecule is C[C@@H]1C[C@H]1C(=O)N[C@H](CCc1ccccc1)c1ccccc1. The third-order valence-electron chi connectivity index (χ3n) is 4.53. The van der Waals surface area contributed by atoms with Crippen LogP contribution < -0.4 is 5.32 Å². The molecule has 1 saturated carbocycles. The zero-order valence-electron chi connectivity index (χ0n) is 13.0. The van der Waals surface area contributed by atoms with Crippen LogP contribution in [-0.2, 0) is 11.2 Å². The molecule has 22 heavy (non-hydrogen) atoms. The van der Waals surface area contributed by atoms with Gasteiger partial charge in [0.25, 0.3) is 0 Å². The van der Waals surface area contributed by atoms with Crippen LogP contribution in [0.2, 0.25) is 0 Å². The van der Waals surface area contributed by atoms with Crippen molar-refractivity contribution in [3.05, 3.63) is 71.8 Å². The lowest BCUT2D eigenvalue weighted by atomic mass is 9.98. The molecule has 2 nitrogen and oxygen atoms in total. The van der Waals surface area contributed by atoms with E-state index in [-0.39, 0.29) is 17.9 Å². The fraction of sp³-hybridized carbons (Fsp3) is 0.350. The van der Waals surface area contributed by atoms with Gasteiger partial charge in [0.05, 0.1) is 6.04 Å². The normalized spacial score (nSPS) is 21.1. The van der Waals surface area contributed by atoms with Gasteiger partial charge in [0.2, 0.25) is 5.91 Å². The van der Waals surface area contributed by atoms with Crippen molar-refractivity contribution in [3.8, 4) is 0 Å². The van der Waals surface area contributed by atoms with Crippen LogP contribution in [0.3, 0.4) is 0 Å². The highest BCUT2D eigenvalue weighted by molar-refractivity contribution is 5.81. The second-order valence-corrected chi connectivity index (χ2v) is 6.32. The molecule has 3 rings (SSSR count). The average Bonchev–Trinajstić information content (AvgIpc) is 3.30. The molecule has 0 unspecified atom stereocenters. The number of aryl methyl sites for hydroxylation is 1. The van der Waals surface area contributed by atoms with Gasteiger partial charge in [-0.3, -0.25) is 4.79 Å². The van der Waals surface area contributed by atoms with Crippen molar-refractivity contribution in [1.82, 2.24) is 5.32 Å². The van der Waals surface area contributed by atoms with Crippen LogP contribution in [0.25, 0.3) is 0 Å². The third-order valence-corrected chi connectivity index (χ3v) is 4.53. The summed E-state index contributed by atoms with van der Waals surface area (Å²) in [5.74, 6) is 0.989. The van der Waals surface area contributed by atoms with Crippen molar-refractivity contribution >= 4 is 5.91 Å². The van der Waals surface area contributed by atoms with E-state index in [4.69, 9.17) is 0 Å². The van der Waals surface area contributed by atoms with Crippen LogP contribution in [0, 0.1) is 11.8 Å². The molecule has 1 fully saturated rings. The summed E-state index contributed by atoms with van der Waals surface area (Å²) in [5, 5.41) is 3.26. The minimum atomic E-state index is 0.0988. The molecule has 0 bridgehead atoms. The molecule has 3 atom stereocenters. The maximum atomic E-state index is 12.3. The second-order valence-electron chi connectivity index (χ2n) is 6.32. The first-order valence-electron chi connectivity index (χ1n) is 8.13. The molecule has 0 heterocycles. The molecule has 2 heteroatoms. The quantitative estimate of drug-likeness (QED) is 0.852. The van der Waals surface area contributed by atoms with E-state index in [0.29, 0.717) is 5.92 Å². The Morgan fingerprint density at radius 2 is 1.68 bits per heavy atom. The molecular weight excluding hydrogens is 270 g/mol. The Hall–Kier alpha value is -2.09. The molecule has 0 spiro atoms. The fourth-order valence-corrected chi connectivity index (χ4v) is 2.93. The van der Waals surface area contributed by atoms with Gasteiger partial charge in [-0.15, -0.1) is 0 Å². The molecule has 1 aliphatic rings.